The highest BCUT2D eigenvalue weighted by molar-refractivity contribution is 7.89. The van der Waals surface area contributed by atoms with Gasteiger partial charge < -0.3 is 10.2 Å². The van der Waals surface area contributed by atoms with Gasteiger partial charge in [0.15, 0.2) is 5.58 Å². The van der Waals surface area contributed by atoms with Gasteiger partial charge in [0.05, 0.1) is 0 Å². The number of hydrogen-bond donors (Lipinski definition) is 2. The molecule has 0 radical (unpaired) electrons. The van der Waals surface area contributed by atoms with Crippen LogP contribution in [-0.2, 0) is 10.0 Å². The van der Waals surface area contributed by atoms with E-state index in [1.165, 1.54) is 18.2 Å². The van der Waals surface area contributed by atoms with Crippen LogP contribution in [0.25, 0.3) is 11.1 Å². The number of aromatic nitrogens is 1. The smallest absolute Gasteiger partial charge is 0.304 e. The highest BCUT2D eigenvalue weighted by Crippen LogP contribution is 2.22. The van der Waals surface area contributed by atoms with Crippen LogP contribution in [0.1, 0.15) is 10.7 Å². The molecule has 0 aliphatic carbocycles. The number of rotatable bonds is 2. The summed E-state index contributed by atoms with van der Waals surface area (Å²) in [7, 11) is -3.92. The van der Waals surface area contributed by atoms with E-state index in [-0.39, 0.29) is 21.9 Å². The summed E-state index contributed by atoms with van der Waals surface area (Å²) in [5, 5.41) is 4.98. The summed E-state index contributed by atoms with van der Waals surface area (Å²) >= 11 is 0. The van der Waals surface area contributed by atoms with Crippen molar-refractivity contribution in [2.24, 2.45) is 10.9 Å². The number of oxazole rings is 1. The lowest BCUT2D eigenvalue weighted by atomic mass is 10.3. The number of nitrogens with zero attached hydrogens (tertiary/aromatic N) is 1. The zero-order chi connectivity index (χ0) is 11.9. The predicted octanol–water partition coefficient (Wildman–Crippen LogP) is -0.426. The minimum atomic E-state index is -3.92. The lowest BCUT2D eigenvalue weighted by molar-refractivity contribution is 0.0969. The van der Waals surface area contributed by atoms with Crippen LogP contribution in [-0.4, -0.2) is 19.3 Å². The van der Waals surface area contributed by atoms with E-state index in [0.717, 1.165) is 0 Å². The summed E-state index contributed by atoms with van der Waals surface area (Å²) in [5.41, 5.74) is 5.10. The Hall–Kier alpha value is -1.93. The number of fused-ring (bicyclic) bond motifs is 1. The number of benzene rings is 1. The fraction of sp³-hybridized carbons (Fsp3) is 0. The van der Waals surface area contributed by atoms with Gasteiger partial charge in [-0.25, -0.2) is 18.5 Å². The molecular formula is C8H7N3O4S. The van der Waals surface area contributed by atoms with Crippen molar-refractivity contribution in [3.8, 4) is 0 Å². The van der Waals surface area contributed by atoms with Crippen LogP contribution >= 0.6 is 0 Å². The number of amides is 1. The number of primary sulfonamides is 1. The van der Waals surface area contributed by atoms with E-state index in [0.29, 0.717) is 0 Å². The number of primary amides is 1. The van der Waals surface area contributed by atoms with E-state index in [2.05, 4.69) is 4.98 Å². The zero-order valence-electron chi connectivity index (χ0n) is 7.88. The molecule has 0 fully saturated rings. The molecule has 1 heterocycles. The lowest BCUT2D eigenvalue weighted by Gasteiger charge is -1.96. The van der Waals surface area contributed by atoms with Crippen LogP contribution < -0.4 is 10.9 Å². The monoisotopic (exact) mass is 241 g/mol. The molecule has 8 heteroatoms. The Bertz CT molecular complexity index is 674. The third kappa shape index (κ3) is 1.64. The Balaban J connectivity index is 2.83. The van der Waals surface area contributed by atoms with E-state index in [1.54, 1.807) is 0 Å². The van der Waals surface area contributed by atoms with Crippen molar-refractivity contribution in [1.82, 2.24) is 4.98 Å². The highest BCUT2D eigenvalue weighted by atomic mass is 32.2. The molecule has 16 heavy (non-hydrogen) atoms. The predicted molar refractivity (Wildman–Crippen MR) is 53.9 cm³/mol. The third-order valence-electron chi connectivity index (χ3n) is 1.90. The number of sulfonamides is 1. The molecule has 0 unspecified atom stereocenters. The molecule has 7 nitrogen and oxygen atoms in total. The van der Waals surface area contributed by atoms with Crippen molar-refractivity contribution in [3.05, 3.63) is 24.1 Å². The van der Waals surface area contributed by atoms with Gasteiger partial charge >= 0.3 is 5.91 Å². The molecular weight excluding hydrogens is 234 g/mol. The van der Waals surface area contributed by atoms with Crippen molar-refractivity contribution < 1.29 is 17.6 Å². The fourth-order valence-electron chi connectivity index (χ4n) is 1.26. The van der Waals surface area contributed by atoms with Gasteiger partial charge in [-0.05, 0) is 12.1 Å². The molecule has 0 aliphatic heterocycles. The van der Waals surface area contributed by atoms with Crippen LogP contribution in [0.5, 0.6) is 0 Å². The van der Waals surface area contributed by atoms with Gasteiger partial charge in [0.2, 0.25) is 10.0 Å². The molecule has 0 aliphatic rings. The van der Waals surface area contributed by atoms with Crippen LogP contribution in [0.4, 0.5) is 0 Å². The maximum absolute atomic E-state index is 11.2. The Morgan fingerprint density at radius 2 is 2.06 bits per heavy atom. The second-order valence-electron chi connectivity index (χ2n) is 3.03. The second-order valence-corrected chi connectivity index (χ2v) is 4.56. The second kappa shape index (κ2) is 3.29. The van der Waals surface area contributed by atoms with Crippen molar-refractivity contribution >= 4 is 27.0 Å². The minimum Gasteiger partial charge on any atom is -0.432 e. The first-order valence-electron chi connectivity index (χ1n) is 4.12. The van der Waals surface area contributed by atoms with Crippen molar-refractivity contribution in [2.45, 2.75) is 4.90 Å². The van der Waals surface area contributed by atoms with Gasteiger partial charge in [-0.15, -0.1) is 0 Å². The van der Waals surface area contributed by atoms with Crippen molar-refractivity contribution in [2.75, 3.05) is 0 Å². The first-order valence-corrected chi connectivity index (χ1v) is 5.66. The largest absolute Gasteiger partial charge is 0.432 e. The van der Waals surface area contributed by atoms with E-state index in [4.69, 9.17) is 15.3 Å². The van der Waals surface area contributed by atoms with E-state index in [1.807, 2.05) is 0 Å². The Morgan fingerprint density at radius 3 is 2.62 bits per heavy atom. The molecule has 0 saturated carbocycles. The van der Waals surface area contributed by atoms with Gasteiger partial charge in [0.1, 0.15) is 10.4 Å². The fourth-order valence-corrected chi connectivity index (χ4v) is 1.94. The molecule has 0 saturated heterocycles. The van der Waals surface area contributed by atoms with Crippen LogP contribution in [0.3, 0.4) is 0 Å². The standard InChI is InChI=1S/C8H7N3O4S/c9-7(12)8-11-6-4(15-8)2-1-3-5(6)16(10,13)14/h1-3H,(H2,9,12)(H2,10,13,14). The summed E-state index contributed by atoms with van der Waals surface area (Å²) in [6, 6.07) is 4.16. The maximum atomic E-state index is 11.2. The van der Waals surface area contributed by atoms with Crippen LogP contribution in [0.2, 0.25) is 0 Å². The van der Waals surface area contributed by atoms with Crippen molar-refractivity contribution in [3.63, 3.8) is 0 Å². The van der Waals surface area contributed by atoms with Crippen LogP contribution in [0, 0.1) is 0 Å². The van der Waals surface area contributed by atoms with Gasteiger partial charge in [-0.2, -0.15) is 0 Å². The van der Waals surface area contributed by atoms with E-state index >= 15 is 0 Å². The highest BCUT2D eigenvalue weighted by Gasteiger charge is 2.18. The first kappa shape index (κ1) is 10.6. The number of para-hydroxylation sites is 1. The molecule has 1 amide bonds. The average molecular weight is 241 g/mol. The summed E-state index contributed by atoms with van der Waals surface area (Å²) in [6.07, 6.45) is 0. The lowest BCUT2D eigenvalue weighted by Crippen LogP contribution is -2.13. The minimum absolute atomic E-state index is 0.00111. The Morgan fingerprint density at radius 1 is 1.38 bits per heavy atom. The summed E-state index contributed by atoms with van der Waals surface area (Å²) in [6.45, 7) is 0. The molecule has 4 N–H and O–H groups in total. The molecule has 0 atom stereocenters. The SMILES string of the molecule is NC(=O)c1nc2c(S(N)(=O)=O)cccc2o1. The number of nitrogens with two attached hydrogens (primary N) is 2. The van der Waals surface area contributed by atoms with Gasteiger partial charge in [-0.3, -0.25) is 4.79 Å². The molecule has 2 aromatic rings. The average Bonchev–Trinajstić information content (AvgIpc) is 2.58. The molecule has 0 spiro atoms. The van der Waals surface area contributed by atoms with Crippen molar-refractivity contribution in [1.29, 1.82) is 0 Å². The molecule has 1 aromatic heterocycles. The Labute approximate surface area is 90.1 Å². The third-order valence-corrected chi connectivity index (χ3v) is 2.84. The first-order chi connectivity index (χ1) is 7.39. The number of hydrogen-bond acceptors (Lipinski definition) is 5. The maximum Gasteiger partial charge on any atom is 0.304 e. The van der Waals surface area contributed by atoms with Gasteiger partial charge in [0.25, 0.3) is 5.89 Å². The topological polar surface area (TPSA) is 129 Å². The number of carbonyl (C=O) groups excluding carboxylic acids is 1. The summed E-state index contributed by atoms with van der Waals surface area (Å²) < 4.78 is 27.4. The van der Waals surface area contributed by atoms with E-state index < -0.39 is 15.9 Å². The summed E-state index contributed by atoms with van der Waals surface area (Å²) in [4.78, 5) is 14.3. The normalized spacial score (nSPS) is 11.8. The van der Waals surface area contributed by atoms with Crippen LogP contribution in [0.15, 0.2) is 27.5 Å². The Kier molecular flexibility index (Phi) is 2.17. The zero-order valence-corrected chi connectivity index (χ0v) is 8.69. The van der Waals surface area contributed by atoms with Gasteiger partial charge in [0, 0.05) is 0 Å². The van der Waals surface area contributed by atoms with Gasteiger partial charge in [-0.1, -0.05) is 6.07 Å². The summed E-state index contributed by atoms with van der Waals surface area (Å²) in [5.74, 6) is -1.23. The number of carbonyl (C=O) groups is 1. The quantitative estimate of drug-likeness (QED) is 0.737. The molecule has 2 rings (SSSR count). The van der Waals surface area contributed by atoms with E-state index in [9.17, 15) is 13.2 Å². The molecule has 84 valence electrons. The molecule has 0 bridgehead atoms. The molecule has 1 aromatic carbocycles.